The quantitative estimate of drug-likeness (QED) is 0.894. The van der Waals surface area contributed by atoms with E-state index in [4.69, 9.17) is 0 Å². The molecule has 2 N–H and O–H groups in total. The molecule has 5 nitrogen and oxygen atoms in total. The number of urea groups is 1. The highest BCUT2D eigenvalue weighted by Gasteiger charge is 2.27. The Labute approximate surface area is 114 Å². The third kappa shape index (κ3) is 3.14. The Balaban J connectivity index is 1.49. The van der Waals surface area contributed by atoms with Gasteiger partial charge in [-0.2, -0.15) is 11.8 Å². The van der Waals surface area contributed by atoms with E-state index in [0.717, 1.165) is 17.2 Å². The third-order valence-electron chi connectivity index (χ3n) is 3.08. The highest BCUT2D eigenvalue weighted by molar-refractivity contribution is 7.99. The highest BCUT2D eigenvalue weighted by atomic mass is 32.2. The molecule has 2 aliphatic rings. The van der Waals surface area contributed by atoms with Crippen LogP contribution in [0.4, 0.5) is 9.93 Å². The van der Waals surface area contributed by atoms with Crippen LogP contribution < -0.4 is 10.6 Å². The zero-order valence-corrected chi connectivity index (χ0v) is 11.6. The number of aromatic nitrogens is 2. The molecule has 0 aromatic carbocycles. The summed E-state index contributed by atoms with van der Waals surface area (Å²) in [5.74, 6) is 2.81. The lowest BCUT2D eigenvalue weighted by Gasteiger charge is -2.22. The van der Waals surface area contributed by atoms with Crippen molar-refractivity contribution in [3.63, 3.8) is 0 Å². The summed E-state index contributed by atoms with van der Waals surface area (Å²) in [7, 11) is 0. The van der Waals surface area contributed by atoms with Crippen LogP contribution in [0.1, 0.15) is 36.6 Å². The van der Waals surface area contributed by atoms with Crippen molar-refractivity contribution in [2.45, 2.75) is 37.6 Å². The first-order valence-electron chi connectivity index (χ1n) is 6.30. The molecule has 1 saturated heterocycles. The van der Waals surface area contributed by atoms with Gasteiger partial charge in [-0.3, -0.25) is 5.32 Å². The Morgan fingerprint density at radius 3 is 2.89 bits per heavy atom. The third-order valence-corrected chi connectivity index (χ3v) is 5.30. The number of carbonyl (C=O) groups excluding carboxylic acids is 1. The fourth-order valence-corrected chi connectivity index (χ4v) is 3.93. The maximum Gasteiger partial charge on any atom is 0.321 e. The minimum Gasteiger partial charge on any atom is -0.334 e. The fraction of sp³-hybridized carbons (Fsp3) is 0.727. The number of amides is 2. The lowest BCUT2D eigenvalue weighted by molar-refractivity contribution is 0.248. The summed E-state index contributed by atoms with van der Waals surface area (Å²) < 4.78 is 0. The molecule has 2 heterocycles. The summed E-state index contributed by atoms with van der Waals surface area (Å²) in [6.07, 6.45) is 4.67. The number of carbonyl (C=O) groups is 1. The Morgan fingerprint density at radius 1 is 1.28 bits per heavy atom. The van der Waals surface area contributed by atoms with Gasteiger partial charge in [-0.25, -0.2) is 4.79 Å². The van der Waals surface area contributed by atoms with Gasteiger partial charge in [0, 0.05) is 17.7 Å². The van der Waals surface area contributed by atoms with Crippen LogP contribution in [0.5, 0.6) is 0 Å². The zero-order chi connectivity index (χ0) is 12.4. The largest absolute Gasteiger partial charge is 0.334 e. The maximum absolute atomic E-state index is 11.8. The van der Waals surface area contributed by atoms with Crippen LogP contribution in [0.3, 0.4) is 0 Å². The van der Waals surface area contributed by atoms with Crippen LogP contribution >= 0.6 is 23.1 Å². The smallest absolute Gasteiger partial charge is 0.321 e. The van der Waals surface area contributed by atoms with Crippen molar-refractivity contribution in [3.05, 3.63) is 5.01 Å². The number of hydrogen-bond donors (Lipinski definition) is 2. The topological polar surface area (TPSA) is 66.9 Å². The van der Waals surface area contributed by atoms with Crippen molar-refractivity contribution in [1.29, 1.82) is 0 Å². The molecular formula is C11H16N4OS2. The standard InChI is InChI=1S/C11H16N4OS2/c16-10(12-8-2-1-5-17-6-8)13-11-15-14-9(18-11)7-3-4-7/h7-8H,1-6H2,(H2,12,13,15,16)/t8-/m0/s1. The van der Waals surface area contributed by atoms with Crippen molar-refractivity contribution < 1.29 is 4.79 Å². The molecule has 2 amide bonds. The number of nitrogens with one attached hydrogen (secondary N) is 2. The second kappa shape index (κ2) is 5.44. The molecule has 1 aliphatic heterocycles. The zero-order valence-electron chi connectivity index (χ0n) is 10.0. The molecule has 2 fully saturated rings. The van der Waals surface area contributed by atoms with Crippen molar-refractivity contribution in [1.82, 2.24) is 15.5 Å². The van der Waals surface area contributed by atoms with Gasteiger partial charge in [0.25, 0.3) is 0 Å². The molecule has 1 aromatic heterocycles. The molecule has 0 spiro atoms. The minimum atomic E-state index is -0.152. The number of thioether (sulfide) groups is 1. The van der Waals surface area contributed by atoms with E-state index in [1.165, 1.54) is 36.4 Å². The molecule has 98 valence electrons. The predicted molar refractivity (Wildman–Crippen MR) is 74.4 cm³/mol. The molecule has 0 bridgehead atoms. The van der Waals surface area contributed by atoms with E-state index < -0.39 is 0 Å². The maximum atomic E-state index is 11.8. The van der Waals surface area contributed by atoms with Crippen molar-refractivity contribution in [2.75, 3.05) is 16.8 Å². The first kappa shape index (κ1) is 12.2. The number of hydrogen-bond acceptors (Lipinski definition) is 5. The van der Waals surface area contributed by atoms with Crippen LogP contribution in [-0.4, -0.2) is 33.8 Å². The normalized spacial score (nSPS) is 23.7. The van der Waals surface area contributed by atoms with Gasteiger partial charge < -0.3 is 5.32 Å². The molecule has 1 atom stereocenters. The Kier molecular flexibility index (Phi) is 3.69. The lowest BCUT2D eigenvalue weighted by atomic mass is 10.2. The summed E-state index contributed by atoms with van der Waals surface area (Å²) in [4.78, 5) is 11.8. The van der Waals surface area contributed by atoms with E-state index in [1.54, 1.807) is 0 Å². The summed E-state index contributed by atoms with van der Waals surface area (Å²) >= 11 is 3.39. The molecule has 1 aromatic rings. The van der Waals surface area contributed by atoms with E-state index in [1.807, 2.05) is 11.8 Å². The van der Waals surface area contributed by atoms with Gasteiger partial charge in [-0.15, -0.1) is 10.2 Å². The second-order valence-corrected chi connectivity index (χ2v) is 6.89. The first-order valence-corrected chi connectivity index (χ1v) is 8.27. The van der Waals surface area contributed by atoms with Gasteiger partial charge >= 0.3 is 6.03 Å². The molecule has 0 unspecified atom stereocenters. The Bertz CT molecular complexity index is 426. The van der Waals surface area contributed by atoms with Crippen LogP contribution in [0.15, 0.2) is 0 Å². The number of rotatable bonds is 3. The van der Waals surface area contributed by atoms with E-state index in [9.17, 15) is 4.79 Å². The molecular weight excluding hydrogens is 268 g/mol. The van der Waals surface area contributed by atoms with Crippen molar-refractivity contribution in [2.24, 2.45) is 0 Å². The van der Waals surface area contributed by atoms with Crippen LogP contribution in [-0.2, 0) is 0 Å². The second-order valence-electron chi connectivity index (χ2n) is 4.73. The number of anilines is 1. The van der Waals surface area contributed by atoms with E-state index in [0.29, 0.717) is 17.1 Å². The van der Waals surface area contributed by atoms with Gasteiger partial charge in [0.15, 0.2) is 0 Å². The summed E-state index contributed by atoms with van der Waals surface area (Å²) in [6.45, 7) is 0. The summed E-state index contributed by atoms with van der Waals surface area (Å²) in [5, 5.41) is 15.5. The molecule has 18 heavy (non-hydrogen) atoms. The van der Waals surface area contributed by atoms with E-state index in [-0.39, 0.29) is 6.03 Å². The molecule has 0 radical (unpaired) electrons. The van der Waals surface area contributed by atoms with E-state index >= 15 is 0 Å². The van der Waals surface area contributed by atoms with Gasteiger partial charge in [-0.1, -0.05) is 11.3 Å². The first-order chi connectivity index (χ1) is 8.81. The van der Waals surface area contributed by atoms with Gasteiger partial charge in [0.2, 0.25) is 5.13 Å². The lowest BCUT2D eigenvalue weighted by Crippen LogP contribution is -2.40. The molecule has 1 aliphatic carbocycles. The molecule has 1 saturated carbocycles. The van der Waals surface area contributed by atoms with Gasteiger partial charge in [0.05, 0.1) is 0 Å². The van der Waals surface area contributed by atoms with Gasteiger partial charge in [0.1, 0.15) is 5.01 Å². The van der Waals surface area contributed by atoms with Crippen LogP contribution in [0, 0.1) is 0 Å². The van der Waals surface area contributed by atoms with Crippen LogP contribution in [0.2, 0.25) is 0 Å². The van der Waals surface area contributed by atoms with Crippen molar-refractivity contribution >= 4 is 34.3 Å². The molecule has 7 heteroatoms. The summed E-state index contributed by atoms with van der Waals surface area (Å²) in [6, 6.07) is 0.139. The SMILES string of the molecule is O=C(Nc1nnc(C2CC2)s1)N[C@H]1CCCSC1. The number of nitrogens with zero attached hydrogens (tertiary/aromatic N) is 2. The Morgan fingerprint density at radius 2 is 2.17 bits per heavy atom. The highest BCUT2D eigenvalue weighted by Crippen LogP contribution is 2.41. The predicted octanol–water partition coefficient (Wildman–Crippen LogP) is 2.43. The molecule has 3 rings (SSSR count). The van der Waals surface area contributed by atoms with Gasteiger partial charge in [-0.05, 0) is 31.4 Å². The average Bonchev–Trinajstić information content (AvgIpc) is 3.12. The minimum absolute atomic E-state index is 0.152. The fourth-order valence-electron chi connectivity index (χ4n) is 1.95. The summed E-state index contributed by atoms with van der Waals surface area (Å²) in [5.41, 5.74) is 0. The van der Waals surface area contributed by atoms with E-state index in [2.05, 4.69) is 20.8 Å². The monoisotopic (exact) mass is 284 g/mol. The van der Waals surface area contributed by atoms with Crippen LogP contribution in [0.25, 0.3) is 0 Å². The van der Waals surface area contributed by atoms with Crippen molar-refractivity contribution in [3.8, 4) is 0 Å². The Hall–Kier alpha value is -0.820. The average molecular weight is 284 g/mol.